The van der Waals surface area contributed by atoms with Gasteiger partial charge in [-0.05, 0) is 8.54 Å². The van der Waals surface area contributed by atoms with Gasteiger partial charge in [-0.25, -0.2) is 0 Å². The third kappa shape index (κ3) is 6.01. The van der Waals surface area contributed by atoms with E-state index in [1.807, 2.05) is 0 Å². The van der Waals surface area contributed by atoms with E-state index in [4.69, 9.17) is 0 Å². The summed E-state index contributed by atoms with van der Waals surface area (Å²) in [6, 6.07) is 0. The SMILES string of the molecule is CS(=O)(=O)O[PH+]=O. The van der Waals surface area contributed by atoms with E-state index in [0.717, 1.165) is 6.26 Å². The van der Waals surface area contributed by atoms with Crippen LogP contribution in [0.15, 0.2) is 0 Å². The fourth-order valence-electron chi connectivity index (χ4n) is 0.0618. The van der Waals surface area contributed by atoms with Gasteiger partial charge < -0.3 is 0 Å². The van der Waals surface area contributed by atoms with Crippen LogP contribution < -0.4 is 0 Å². The first-order valence-electron chi connectivity index (χ1n) is 1.32. The van der Waals surface area contributed by atoms with Crippen LogP contribution in [-0.4, -0.2) is 14.7 Å². The zero-order chi connectivity index (χ0) is 5.91. The fraction of sp³-hybridized carbons (Fsp3) is 1.00. The molecule has 0 amide bonds. The van der Waals surface area contributed by atoms with E-state index in [-0.39, 0.29) is 0 Å². The lowest BCUT2D eigenvalue weighted by molar-refractivity contribution is 0.492. The third-order valence-electron chi connectivity index (χ3n) is 0.185. The quantitative estimate of drug-likeness (QED) is 0.506. The summed E-state index contributed by atoms with van der Waals surface area (Å²) in [5.74, 6) is 0. The molecule has 0 spiro atoms. The molecular formula is CH4O4PS+. The van der Waals surface area contributed by atoms with Crippen molar-refractivity contribution in [2.24, 2.45) is 0 Å². The molecule has 0 radical (unpaired) electrons. The number of hydrogen-bond donors (Lipinski definition) is 0. The highest BCUT2D eigenvalue weighted by molar-refractivity contribution is 7.88. The first-order valence-corrected chi connectivity index (χ1v) is 3.95. The number of rotatable bonds is 2. The summed E-state index contributed by atoms with van der Waals surface area (Å²) in [5.41, 5.74) is 0. The molecule has 0 saturated heterocycles. The van der Waals surface area contributed by atoms with Gasteiger partial charge in [-0.2, -0.15) is 8.42 Å². The van der Waals surface area contributed by atoms with Crippen LogP contribution in [0.2, 0.25) is 0 Å². The van der Waals surface area contributed by atoms with E-state index in [9.17, 15) is 13.0 Å². The van der Waals surface area contributed by atoms with Crippen LogP contribution in [0.25, 0.3) is 0 Å². The normalized spacial score (nSPS) is 12.1. The average molecular weight is 143 g/mol. The maximum atomic E-state index is 9.82. The van der Waals surface area contributed by atoms with Gasteiger partial charge in [0.1, 0.15) is 0 Å². The van der Waals surface area contributed by atoms with Crippen molar-refractivity contribution in [2.75, 3.05) is 6.26 Å². The average Bonchev–Trinajstić information content (AvgIpc) is 1.30. The Labute approximate surface area is 42.9 Å². The van der Waals surface area contributed by atoms with Gasteiger partial charge in [-0.15, -0.1) is 0 Å². The Morgan fingerprint density at radius 1 is 1.57 bits per heavy atom. The van der Waals surface area contributed by atoms with Gasteiger partial charge >= 0.3 is 18.8 Å². The Morgan fingerprint density at radius 2 is 2.00 bits per heavy atom. The molecule has 0 fully saturated rings. The molecule has 0 heterocycles. The zero-order valence-corrected chi connectivity index (χ0v) is 5.36. The second kappa shape index (κ2) is 2.35. The zero-order valence-electron chi connectivity index (χ0n) is 3.54. The highest BCUT2D eigenvalue weighted by atomic mass is 32.2. The van der Waals surface area contributed by atoms with Crippen molar-refractivity contribution < 1.29 is 17.0 Å². The van der Waals surface area contributed by atoms with Gasteiger partial charge in [0.05, 0.1) is 6.26 Å². The van der Waals surface area contributed by atoms with Crippen LogP contribution in [0.1, 0.15) is 0 Å². The second-order valence-electron chi connectivity index (χ2n) is 0.871. The Hall–Kier alpha value is 0.01000. The lowest BCUT2D eigenvalue weighted by Crippen LogP contribution is -1.91. The lowest BCUT2D eigenvalue weighted by Gasteiger charge is -1.73. The van der Waals surface area contributed by atoms with Gasteiger partial charge in [-0.3, -0.25) is 0 Å². The van der Waals surface area contributed by atoms with Gasteiger partial charge in [-0.1, -0.05) is 0 Å². The minimum Gasteiger partial charge on any atom is -0.196 e. The van der Waals surface area contributed by atoms with E-state index >= 15 is 0 Å². The predicted molar refractivity (Wildman–Crippen MR) is 24.9 cm³/mol. The lowest BCUT2D eigenvalue weighted by atomic mass is 12.0. The van der Waals surface area contributed by atoms with Crippen LogP contribution in [0.4, 0.5) is 0 Å². The molecule has 0 N–H and O–H groups in total. The van der Waals surface area contributed by atoms with Crippen LogP contribution in [-0.2, 0) is 18.7 Å². The molecule has 4 nitrogen and oxygen atoms in total. The van der Waals surface area contributed by atoms with Crippen LogP contribution in [0.3, 0.4) is 0 Å². The monoisotopic (exact) mass is 143 g/mol. The minimum atomic E-state index is -3.47. The molecule has 42 valence electrons. The maximum absolute atomic E-state index is 9.82. The highest BCUT2D eigenvalue weighted by Crippen LogP contribution is 1.98. The molecule has 0 aliphatic rings. The van der Waals surface area contributed by atoms with E-state index in [0.29, 0.717) is 0 Å². The summed E-state index contributed by atoms with van der Waals surface area (Å²) in [4.78, 5) is 0. The first-order chi connectivity index (χ1) is 3.06. The Morgan fingerprint density at radius 3 is 2.00 bits per heavy atom. The largest absolute Gasteiger partial charge is 0.511 e. The third-order valence-corrected chi connectivity index (χ3v) is 1.67. The molecule has 6 heteroatoms. The summed E-state index contributed by atoms with van der Waals surface area (Å²) in [6.07, 6.45) is 0.831. The smallest absolute Gasteiger partial charge is 0.196 e. The molecule has 0 rings (SSSR count). The molecule has 0 bridgehead atoms. The second-order valence-corrected chi connectivity index (χ2v) is 3.11. The standard InChI is InChI=1S/CH4O4PS/c1-7(3,4)5-6-2/h6H,1H3/q+1. The summed E-state index contributed by atoms with van der Waals surface area (Å²) in [6.45, 7) is 0. The van der Waals surface area contributed by atoms with E-state index in [1.54, 1.807) is 0 Å². The Bertz CT molecular complexity index is 145. The predicted octanol–water partition coefficient (Wildman–Crippen LogP) is -0.0984. The van der Waals surface area contributed by atoms with Crippen molar-refractivity contribution in [3.8, 4) is 0 Å². The summed E-state index contributed by atoms with van der Waals surface area (Å²) in [5, 5.41) is 0. The topological polar surface area (TPSA) is 60.4 Å². The van der Waals surface area contributed by atoms with Crippen LogP contribution in [0.5, 0.6) is 0 Å². The molecule has 1 atom stereocenters. The molecule has 7 heavy (non-hydrogen) atoms. The van der Waals surface area contributed by atoms with Crippen LogP contribution >= 0.6 is 8.69 Å². The molecule has 0 saturated carbocycles. The van der Waals surface area contributed by atoms with E-state index in [2.05, 4.69) is 3.97 Å². The molecule has 0 aliphatic carbocycles. The van der Waals surface area contributed by atoms with E-state index < -0.39 is 18.8 Å². The van der Waals surface area contributed by atoms with Crippen molar-refractivity contribution in [2.45, 2.75) is 0 Å². The van der Waals surface area contributed by atoms with Gasteiger partial charge in [0, 0.05) is 0 Å². The fourth-order valence-corrected chi connectivity index (χ4v) is 0.556. The summed E-state index contributed by atoms with van der Waals surface area (Å²) < 4.78 is 32.7. The molecule has 0 aromatic rings. The molecule has 1 unspecified atom stereocenters. The van der Waals surface area contributed by atoms with Gasteiger partial charge in [0.25, 0.3) is 0 Å². The molecule has 0 aromatic heterocycles. The van der Waals surface area contributed by atoms with Crippen LogP contribution in [0, 0.1) is 0 Å². The van der Waals surface area contributed by atoms with Gasteiger partial charge in [0.2, 0.25) is 0 Å². The molecule has 0 aromatic carbocycles. The van der Waals surface area contributed by atoms with Crippen molar-refractivity contribution in [1.29, 1.82) is 0 Å². The Kier molecular flexibility index (Phi) is 2.35. The van der Waals surface area contributed by atoms with Crippen molar-refractivity contribution >= 4 is 18.8 Å². The summed E-state index contributed by atoms with van der Waals surface area (Å²) in [7, 11) is -4.70. The highest BCUT2D eigenvalue weighted by Gasteiger charge is 2.04. The van der Waals surface area contributed by atoms with Crippen molar-refractivity contribution in [3.05, 3.63) is 0 Å². The first kappa shape index (κ1) is 7.01. The minimum absolute atomic E-state index is 0.831. The molecule has 0 aliphatic heterocycles. The van der Waals surface area contributed by atoms with Gasteiger partial charge in [0.15, 0.2) is 0 Å². The Balaban J connectivity index is 3.84. The molecular weight excluding hydrogens is 139 g/mol. The number of hydrogen-bond acceptors (Lipinski definition) is 4. The van der Waals surface area contributed by atoms with E-state index in [1.165, 1.54) is 0 Å². The van der Waals surface area contributed by atoms with Crippen molar-refractivity contribution in [1.82, 2.24) is 0 Å². The van der Waals surface area contributed by atoms with Crippen molar-refractivity contribution in [3.63, 3.8) is 0 Å². The summed E-state index contributed by atoms with van der Waals surface area (Å²) >= 11 is 0. The maximum Gasteiger partial charge on any atom is 0.511 e.